The fraction of sp³-hybridized carbons (Fsp3) is 0.158. The van der Waals surface area contributed by atoms with Gasteiger partial charge in [-0.25, -0.2) is 13.6 Å². The van der Waals surface area contributed by atoms with Crippen molar-refractivity contribution in [3.63, 3.8) is 0 Å². The molecule has 11 heteroatoms. The molecule has 0 aliphatic carbocycles. The number of rotatable bonds is 6. The van der Waals surface area contributed by atoms with Crippen LogP contribution in [-0.2, 0) is 4.79 Å². The Morgan fingerprint density at radius 1 is 1.07 bits per heavy atom. The molecular formula is C19H17F5N2O4. The minimum absolute atomic E-state index is 0.0497. The Morgan fingerprint density at radius 3 is 2.03 bits per heavy atom. The van der Waals surface area contributed by atoms with E-state index in [1.54, 1.807) is 24.3 Å². The van der Waals surface area contributed by atoms with Crippen molar-refractivity contribution in [1.29, 1.82) is 0 Å². The van der Waals surface area contributed by atoms with Gasteiger partial charge in [-0.2, -0.15) is 13.2 Å². The lowest BCUT2D eigenvalue weighted by atomic mass is 10.2. The molecule has 0 aliphatic heterocycles. The number of hydrogen-bond acceptors (Lipinski definition) is 4. The SMILES string of the molecule is NCC(=CF)COc1ccc(C(=O)Nc2ccc(F)cc2)cc1.O=C(O)C(F)(F)F. The van der Waals surface area contributed by atoms with Gasteiger partial charge in [-0.3, -0.25) is 4.79 Å². The Kier molecular flexibility index (Phi) is 9.43. The first-order chi connectivity index (χ1) is 14.1. The van der Waals surface area contributed by atoms with E-state index in [1.165, 1.54) is 24.3 Å². The summed E-state index contributed by atoms with van der Waals surface area (Å²) in [5.41, 5.74) is 6.58. The second-order valence-corrected chi connectivity index (χ2v) is 5.55. The van der Waals surface area contributed by atoms with Crippen LogP contribution in [0.5, 0.6) is 5.75 Å². The Morgan fingerprint density at radius 2 is 1.60 bits per heavy atom. The van der Waals surface area contributed by atoms with Crippen LogP contribution >= 0.6 is 0 Å². The van der Waals surface area contributed by atoms with Crippen molar-refractivity contribution in [3.8, 4) is 5.75 Å². The van der Waals surface area contributed by atoms with E-state index < -0.39 is 12.1 Å². The molecule has 0 heterocycles. The molecule has 0 aliphatic rings. The number of nitrogens with two attached hydrogens (primary N) is 1. The van der Waals surface area contributed by atoms with Gasteiger partial charge in [0.15, 0.2) is 0 Å². The molecule has 0 bridgehead atoms. The number of alkyl halides is 3. The summed E-state index contributed by atoms with van der Waals surface area (Å²) < 4.78 is 62.3. The number of hydrogen-bond donors (Lipinski definition) is 3. The van der Waals surface area contributed by atoms with Gasteiger partial charge in [0.05, 0.1) is 6.33 Å². The van der Waals surface area contributed by atoms with Crippen molar-refractivity contribution >= 4 is 17.6 Å². The topological polar surface area (TPSA) is 102 Å². The highest BCUT2D eigenvalue weighted by Gasteiger charge is 2.38. The number of halogens is 5. The molecule has 2 aromatic rings. The third kappa shape index (κ3) is 8.69. The number of carboxylic acids is 1. The smallest absolute Gasteiger partial charge is 0.489 e. The number of benzene rings is 2. The second kappa shape index (κ2) is 11.5. The highest BCUT2D eigenvalue weighted by Crippen LogP contribution is 2.15. The van der Waals surface area contributed by atoms with E-state index in [9.17, 15) is 26.7 Å². The molecule has 0 radical (unpaired) electrons. The number of amides is 1. The number of nitrogens with one attached hydrogen (secondary N) is 1. The third-order valence-electron chi connectivity index (χ3n) is 3.30. The van der Waals surface area contributed by atoms with Crippen molar-refractivity contribution in [2.45, 2.75) is 6.18 Å². The zero-order valence-corrected chi connectivity index (χ0v) is 15.2. The maximum Gasteiger partial charge on any atom is 0.490 e. The van der Waals surface area contributed by atoms with Crippen molar-refractivity contribution in [3.05, 3.63) is 71.8 Å². The number of anilines is 1. The number of ether oxygens (including phenoxy) is 1. The Hall–Kier alpha value is -3.47. The van der Waals surface area contributed by atoms with E-state index in [0.717, 1.165) is 0 Å². The number of aliphatic carboxylic acids is 1. The van der Waals surface area contributed by atoms with Gasteiger partial charge in [-0.1, -0.05) is 0 Å². The van der Waals surface area contributed by atoms with Gasteiger partial charge in [0.25, 0.3) is 5.91 Å². The van der Waals surface area contributed by atoms with Crippen molar-refractivity contribution < 1.29 is 41.4 Å². The lowest BCUT2D eigenvalue weighted by molar-refractivity contribution is -0.192. The standard InChI is InChI=1S/C17H16F2N2O2.C2HF3O2/c18-9-12(10-20)11-23-16-7-1-13(2-8-16)17(22)21-15-5-3-14(19)4-6-15;3-2(4,5)1(6)7/h1-9H,10-11,20H2,(H,21,22);(H,6,7). The second-order valence-electron chi connectivity index (χ2n) is 5.55. The molecular weight excluding hydrogens is 415 g/mol. The van der Waals surface area contributed by atoms with Gasteiger partial charge in [0.2, 0.25) is 0 Å². The van der Waals surface area contributed by atoms with Gasteiger partial charge >= 0.3 is 12.1 Å². The molecule has 2 aromatic carbocycles. The average molecular weight is 432 g/mol. The van der Waals surface area contributed by atoms with Crippen LogP contribution in [0.2, 0.25) is 0 Å². The van der Waals surface area contributed by atoms with Crippen LogP contribution in [0.1, 0.15) is 10.4 Å². The molecule has 0 unspecified atom stereocenters. The maximum atomic E-state index is 12.8. The molecule has 6 nitrogen and oxygen atoms in total. The minimum Gasteiger partial charge on any atom is -0.489 e. The summed E-state index contributed by atoms with van der Waals surface area (Å²) in [5.74, 6) is -2.96. The highest BCUT2D eigenvalue weighted by molar-refractivity contribution is 6.04. The van der Waals surface area contributed by atoms with Crippen molar-refractivity contribution in [1.82, 2.24) is 0 Å². The maximum absolute atomic E-state index is 12.8. The fourth-order valence-corrected chi connectivity index (χ4v) is 1.75. The molecule has 1 amide bonds. The monoisotopic (exact) mass is 432 g/mol. The molecule has 0 saturated carbocycles. The summed E-state index contributed by atoms with van der Waals surface area (Å²) in [6.45, 7) is 0.128. The quantitative estimate of drug-likeness (QED) is 0.601. The predicted molar refractivity (Wildman–Crippen MR) is 98.2 cm³/mol. The zero-order valence-electron chi connectivity index (χ0n) is 15.2. The van der Waals surface area contributed by atoms with E-state index in [2.05, 4.69) is 5.32 Å². The molecule has 0 aromatic heterocycles. The first-order valence-corrected chi connectivity index (χ1v) is 8.15. The van der Waals surface area contributed by atoms with Gasteiger partial charge in [0, 0.05) is 23.4 Å². The molecule has 0 spiro atoms. The summed E-state index contributed by atoms with van der Waals surface area (Å²) in [6, 6.07) is 11.8. The van der Waals surface area contributed by atoms with Crippen LogP contribution in [0.4, 0.5) is 27.6 Å². The van der Waals surface area contributed by atoms with E-state index in [1.807, 2.05) is 0 Å². The summed E-state index contributed by atoms with van der Waals surface area (Å²) in [7, 11) is 0. The summed E-state index contributed by atoms with van der Waals surface area (Å²) in [4.78, 5) is 20.9. The third-order valence-corrected chi connectivity index (χ3v) is 3.30. The Bertz CT molecular complexity index is 866. The van der Waals surface area contributed by atoms with Crippen LogP contribution in [0.15, 0.2) is 60.4 Å². The first-order valence-electron chi connectivity index (χ1n) is 8.15. The van der Waals surface area contributed by atoms with Gasteiger partial charge in [-0.05, 0) is 48.5 Å². The van der Waals surface area contributed by atoms with Crippen molar-refractivity contribution in [2.24, 2.45) is 5.73 Å². The lowest BCUT2D eigenvalue weighted by Crippen LogP contribution is -2.21. The summed E-state index contributed by atoms with van der Waals surface area (Å²) in [6.07, 6.45) is -4.66. The van der Waals surface area contributed by atoms with Crippen LogP contribution in [0.25, 0.3) is 0 Å². The molecule has 0 fully saturated rings. The van der Waals surface area contributed by atoms with E-state index >= 15 is 0 Å². The lowest BCUT2D eigenvalue weighted by Gasteiger charge is -2.08. The summed E-state index contributed by atoms with van der Waals surface area (Å²) in [5, 5.41) is 9.78. The van der Waals surface area contributed by atoms with Gasteiger partial charge in [-0.15, -0.1) is 0 Å². The molecule has 30 heavy (non-hydrogen) atoms. The predicted octanol–water partition coefficient (Wildman–Crippen LogP) is 3.90. The number of carboxylic acid groups (broad SMARTS) is 1. The largest absolute Gasteiger partial charge is 0.490 e. The Labute approximate surface area is 167 Å². The van der Waals surface area contributed by atoms with Crippen LogP contribution < -0.4 is 15.8 Å². The Balaban J connectivity index is 0.000000553. The number of carbonyl (C=O) groups is 2. The van der Waals surface area contributed by atoms with Crippen LogP contribution in [0.3, 0.4) is 0 Å². The van der Waals surface area contributed by atoms with Gasteiger partial charge in [0.1, 0.15) is 18.2 Å². The highest BCUT2D eigenvalue weighted by atomic mass is 19.4. The molecule has 0 saturated heterocycles. The number of carbonyl (C=O) groups excluding carboxylic acids is 1. The van der Waals surface area contributed by atoms with Crippen LogP contribution in [0, 0.1) is 5.82 Å². The summed E-state index contributed by atoms with van der Waals surface area (Å²) >= 11 is 0. The molecule has 2 rings (SSSR count). The fourth-order valence-electron chi connectivity index (χ4n) is 1.75. The molecule has 4 N–H and O–H groups in total. The molecule has 0 atom stereocenters. The van der Waals surface area contributed by atoms with Crippen molar-refractivity contribution in [2.75, 3.05) is 18.5 Å². The zero-order chi connectivity index (χ0) is 22.7. The normalized spacial score (nSPS) is 11.2. The minimum atomic E-state index is -5.08. The van der Waals surface area contributed by atoms with E-state index in [0.29, 0.717) is 28.9 Å². The molecule has 162 valence electrons. The van der Waals surface area contributed by atoms with Crippen LogP contribution in [-0.4, -0.2) is 36.3 Å². The van der Waals surface area contributed by atoms with E-state index in [4.69, 9.17) is 20.4 Å². The first kappa shape index (κ1) is 24.6. The average Bonchev–Trinajstić information content (AvgIpc) is 2.70. The van der Waals surface area contributed by atoms with Gasteiger partial charge < -0.3 is 20.9 Å². The van der Waals surface area contributed by atoms with E-state index in [-0.39, 0.29) is 24.9 Å².